The second-order valence-electron chi connectivity index (χ2n) is 5.16. The number of aromatic nitrogens is 2. The number of esters is 1. The van der Waals surface area contributed by atoms with Crippen molar-refractivity contribution in [3.8, 4) is 0 Å². The number of hydrogen-bond donors (Lipinski definition) is 1. The number of imidazole rings is 1. The Labute approximate surface area is 129 Å². The first kappa shape index (κ1) is 15.6. The van der Waals surface area contributed by atoms with Crippen LogP contribution in [0.5, 0.6) is 0 Å². The summed E-state index contributed by atoms with van der Waals surface area (Å²) in [6.07, 6.45) is -0.370. The maximum Gasteiger partial charge on any atom is 0.303 e. The van der Waals surface area contributed by atoms with Gasteiger partial charge >= 0.3 is 5.97 Å². The zero-order chi connectivity index (χ0) is 15.4. The predicted molar refractivity (Wildman–Crippen MR) is 83.4 cm³/mol. The highest BCUT2D eigenvalue weighted by atomic mass is 32.2. The van der Waals surface area contributed by atoms with Crippen LogP contribution in [0.25, 0.3) is 0 Å². The fraction of sp³-hybridized carbons (Fsp3) is 0.375. The summed E-state index contributed by atoms with van der Waals surface area (Å²) in [5.41, 5.74) is 1.07. The number of nitrogens with one attached hydrogen (secondary N) is 1. The average Bonchev–Trinajstić information content (AvgIpc) is 2.83. The molecule has 5 heteroatoms. The van der Waals surface area contributed by atoms with Crippen molar-refractivity contribution in [3.05, 3.63) is 41.9 Å². The Morgan fingerprint density at radius 2 is 1.90 bits per heavy atom. The zero-order valence-electron chi connectivity index (χ0n) is 12.7. The van der Waals surface area contributed by atoms with Gasteiger partial charge < -0.3 is 9.72 Å². The van der Waals surface area contributed by atoms with E-state index in [1.807, 2.05) is 25.1 Å². The number of H-pyrrole nitrogens is 1. The van der Waals surface area contributed by atoms with Crippen molar-refractivity contribution in [1.82, 2.24) is 9.97 Å². The molecule has 0 aliphatic heterocycles. The SMILES string of the molecule is CC(=O)OC(C)c1nc(Sc2ccccc2)c(C(C)C)[nH]1. The molecule has 0 fully saturated rings. The summed E-state index contributed by atoms with van der Waals surface area (Å²) in [7, 11) is 0. The van der Waals surface area contributed by atoms with Gasteiger partial charge in [-0.05, 0) is 25.0 Å². The fourth-order valence-corrected chi connectivity index (χ4v) is 3.01. The molecule has 0 bridgehead atoms. The molecule has 1 aromatic heterocycles. The molecule has 21 heavy (non-hydrogen) atoms. The number of benzene rings is 1. The van der Waals surface area contributed by atoms with Gasteiger partial charge in [-0.15, -0.1) is 0 Å². The largest absolute Gasteiger partial charge is 0.455 e. The summed E-state index contributed by atoms with van der Waals surface area (Å²) < 4.78 is 5.19. The van der Waals surface area contributed by atoms with Crippen LogP contribution in [-0.4, -0.2) is 15.9 Å². The van der Waals surface area contributed by atoms with Gasteiger partial charge in [0.15, 0.2) is 6.10 Å². The summed E-state index contributed by atoms with van der Waals surface area (Å²) in [6, 6.07) is 10.1. The molecule has 0 saturated heterocycles. The van der Waals surface area contributed by atoms with Gasteiger partial charge in [0, 0.05) is 11.8 Å². The molecule has 1 atom stereocenters. The Morgan fingerprint density at radius 1 is 1.24 bits per heavy atom. The monoisotopic (exact) mass is 304 g/mol. The summed E-state index contributed by atoms with van der Waals surface area (Å²) in [5, 5.41) is 0.935. The molecule has 0 radical (unpaired) electrons. The molecule has 4 nitrogen and oxygen atoms in total. The first-order chi connectivity index (χ1) is 9.97. The van der Waals surface area contributed by atoms with Gasteiger partial charge in [-0.2, -0.15) is 0 Å². The van der Waals surface area contributed by atoms with Crippen molar-refractivity contribution < 1.29 is 9.53 Å². The summed E-state index contributed by atoms with van der Waals surface area (Å²) in [6.45, 7) is 7.45. The Kier molecular flexibility index (Phi) is 5.07. The van der Waals surface area contributed by atoms with E-state index in [1.165, 1.54) is 6.92 Å². The third-order valence-electron chi connectivity index (χ3n) is 2.98. The van der Waals surface area contributed by atoms with Crippen LogP contribution < -0.4 is 0 Å². The lowest BCUT2D eigenvalue weighted by molar-refractivity contribution is -0.146. The number of rotatable bonds is 5. The number of carbonyl (C=O) groups excluding carboxylic acids is 1. The smallest absolute Gasteiger partial charge is 0.303 e. The van der Waals surface area contributed by atoms with Crippen LogP contribution in [0.15, 0.2) is 40.3 Å². The fourth-order valence-electron chi connectivity index (χ4n) is 1.96. The quantitative estimate of drug-likeness (QED) is 0.836. The van der Waals surface area contributed by atoms with Crippen molar-refractivity contribution in [2.75, 3.05) is 0 Å². The van der Waals surface area contributed by atoms with E-state index in [0.29, 0.717) is 11.7 Å². The maximum atomic E-state index is 11.1. The van der Waals surface area contributed by atoms with E-state index in [4.69, 9.17) is 4.74 Å². The topological polar surface area (TPSA) is 55.0 Å². The minimum Gasteiger partial charge on any atom is -0.455 e. The standard InChI is InChI=1S/C16H20N2O2S/c1-10(2)14-16(21-13-8-6-5-7-9-13)18-15(17-14)11(3)20-12(4)19/h5-11H,1-4H3,(H,17,18). The van der Waals surface area contributed by atoms with Gasteiger partial charge in [0.25, 0.3) is 0 Å². The van der Waals surface area contributed by atoms with E-state index in [9.17, 15) is 4.79 Å². The zero-order valence-corrected chi connectivity index (χ0v) is 13.5. The molecule has 0 spiro atoms. The van der Waals surface area contributed by atoms with Gasteiger partial charge in [-0.1, -0.05) is 43.8 Å². The minimum atomic E-state index is -0.370. The van der Waals surface area contributed by atoms with E-state index in [1.54, 1.807) is 11.8 Å². The van der Waals surface area contributed by atoms with Crippen LogP contribution in [0.1, 0.15) is 51.2 Å². The van der Waals surface area contributed by atoms with Gasteiger partial charge in [-0.25, -0.2) is 4.98 Å². The van der Waals surface area contributed by atoms with Crippen molar-refractivity contribution in [1.29, 1.82) is 0 Å². The Bertz CT molecular complexity index is 608. The second-order valence-corrected chi connectivity index (χ2v) is 6.22. The number of nitrogens with zero attached hydrogens (tertiary/aromatic N) is 1. The van der Waals surface area contributed by atoms with Crippen molar-refractivity contribution in [2.45, 2.75) is 49.6 Å². The molecule has 2 rings (SSSR count). The van der Waals surface area contributed by atoms with Gasteiger partial charge in [0.05, 0.1) is 5.69 Å². The number of carbonyl (C=O) groups is 1. The first-order valence-corrected chi connectivity index (χ1v) is 7.79. The summed E-state index contributed by atoms with van der Waals surface area (Å²) in [5.74, 6) is 0.705. The molecular formula is C16H20N2O2S. The highest BCUT2D eigenvalue weighted by molar-refractivity contribution is 7.99. The predicted octanol–water partition coefficient (Wildman–Crippen LogP) is 4.31. The second kappa shape index (κ2) is 6.80. The molecule has 2 aromatic rings. The number of hydrogen-bond acceptors (Lipinski definition) is 4. The Balaban J connectivity index is 2.27. The molecule has 0 amide bonds. The molecule has 112 valence electrons. The van der Waals surface area contributed by atoms with E-state index in [0.717, 1.165) is 15.6 Å². The highest BCUT2D eigenvalue weighted by Crippen LogP contribution is 2.33. The van der Waals surface area contributed by atoms with Crippen LogP contribution >= 0.6 is 11.8 Å². The molecule has 1 unspecified atom stereocenters. The molecule has 0 saturated carbocycles. The van der Waals surface area contributed by atoms with Gasteiger partial charge in [0.2, 0.25) is 0 Å². The van der Waals surface area contributed by atoms with Gasteiger partial charge in [-0.3, -0.25) is 4.79 Å². The lowest BCUT2D eigenvalue weighted by Gasteiger charge is -2.08. The molecule has 0 aliphatic rings. The van der Waals surface area contributed by atoms with Crippen LogP contribution in [0.2, 0.25) is 0 Å². The Morgan fingerprint density at radius 3 is 2.48 bits per heavy atom. The molecule has 1 aromatic carbocycles. The van der Waals surface area contributed by atoms with Crippen molar-refractivity contribution in [2.24, 2.45) is 0 Å². The van der Waals surface area contributed by atoms with Crippen LogP contribution in [0.3, 0.4) is 0 Å². The third kappa shape index (κ3) is 4.11. The minimum absolute atomic E-state index is 0.303. The molecule has 1 N–H and O–H groups in total. The van der Waals surface area contributed by atoms with E-state index in [2.05, 4.69) is 35.9 Å². The highest BCUT2D eigenvalue weighted by Gasteiger charge is 2.19. The molecule has 1 heterocycles. The van der Waals surface area contributed by atoms with E-state index < -0.39 is 0 Å². The van der Waals surface area contributed by atoms with E-state index in [-0.39, 0.29) is 12.1 Å². The first-order valence-electron chi connectivity index (χ1n) is 6.97. The van der Waals surface area contributed by atoms with Crippen LogP contribution in [0, 0.1) is 0 Å². The number of aromatic amines is 1. The van der Waals surface area contributed by atoms with Crippen molar-refractivity contribution in [3.63, 3.8) is 0 Å². The lowest BCUT2D eigenvalue weighted by atomic mass is 10.2. The lowest BCUT2D eigenvalue weighted by Crippen LogP contribution is -2.06. The Hall–Kier alpha value is -1.75. The van der Waals surface area contributed by atoms with Crippen LogP contribution in [-0.2, 0) is 9.53 Å². The molecule has 0 aliphatic carbocycles. The van der Waals surface area contributed by atoms with Crippen LogP contribution in [0.4, 0.5) is 0 Å². The third-order valence-corrected chi connectivity index (χ3v) is 3.99. The normalized spacial score (nSPS) is 12.4. The van der Waals surface area contributed by atoms with E-state index >= 15 is 0 Å². The van der Waals surface area contributed by atoms with Gasteiger partial charge in [0.1, 0.15) is 10.9 Å². The molecular weight excluding hydrogens is 284 g/mol. The maximum absolute atomic E-state index is 11.1. The van der Waals surface area contributed by atoms with Crippen molar-refractivity contribution >= 4 is 17.7 Å². The average molecular weight is 304 g/mol. The number of ether oxygens (including phenoxy) is 1. The summed E-state index contributed by atoms with van der Waals surface area (Å²) >= 11 is 1.62. The summed E-state index contributed by atoms with van der Waals surface area (Å²) in [4.78, 5) is 20.1.